The molecule has 1 aliphatic rings. The fraction of sp³-hybridized carbons (Fsp3) is 0.500. The number of imidazole rings is 1. The van der Waals surface area contributed by atoms with E-state index in [2.05, 4.69) is 27.2 Å². The lowest BCUT2D eigenvalue weighted by molar-refractivity contribution is 0.452. The molecule has 1 unspecified atom stereocenters. The third kappa shape index (κ3) is 2.05. The van der Waals surface area contributed by atoms with Crippen LogP contribution in [-0.2, 0) is 0 Å². The van der Waals surface area contributed by atoms with Crippen molar-refractivity contribution in [1.29, 1.82) is 0 Å². The molecule has 0 spiro atoms. The number of nitrogens with one attached hydrogen (secondary N) is 1. The number of piperidine rings is 1. The van der Waals surface area contributed by atoms with Crippen molar-refractivity contribution < 1.29 is 0 Å². The van der Waals surface area contributed by atoms with Gasteiger partial charge >= 0.3 is 0 Å². The second kappa shape index (κ2) is 4.66. The molecule has 90 valence electrons. The van der Waals surface area contributed by atoms with E-state index in [1.54, 1.807) is 11.8 Å². The van der Waals surface area contributed by atoms with E-state index in [4.69, 9.17) is 4.98 Å². The highest BCUT2D eigenvalue weighted by Crippen LogP contribution is 2.25. The maximum absolute atomic E-state index is 4.75. The van der Waals surface area contributed by atoms with Crippen LogP contribution in [0.5, 0.6) is 0 Å². The molecule has 1 saturated heterocycles. The molecular weight excluding hydrogens is 232 g/mol. The molecule has 2 aromatic rings. The van der Waals surface area contributed by atoms with E-state index < -0.39 is 0 Å². The van der Waals surface area contributed by atoms with Crippen molar-refractivity contribution in [1.82, 2.24) is 19.7 Å². The number of rotatable bonds is 2. The molecule has 5 heteroatoms. The minimum Gasteiger partial charge on any atom is -0.316 e. The van der Waals surface area contributed by atoms with Gasteiger partial charge < -0.3 is 9.72 Å². The van der Waals surface area contributed by atoms with Crippen LogP contribution in [0.15, 0.2) is 23.6 Å². The molecule has 0 aliphatic carbocycles. The lowest BCUT2D eigenvalue weighted by Crippen LogP contribution is -2.29. The fourth-order valence-corrected chi connectivity index (χ4v) is 2.90. The molecule has 1 aliphatic heterocycles. The van der Waals surface area contributed by atoms with Gasteiger partial charge in [0.15, 0.2) is 5.65 Å². The summed E-state index contributed by atoms with van der Waals surface area (Å²) in [5, 5.41) is 4.47. The molecule has 1 N–H and O–H groups in total. The maximum atomic E-state index is 4.75. The molecule has 0 aromatic carbocycles. The van der Waals surface area contributed by atoms with Crippen LogP contribution < -0.4 is 5.32 Å². The standard InChI is InChI=1S/C12H16N4S/c1-17-12-11-14-5-6-16(11)8-10(15-12)9-3-2-4-13-7-9/h5-6,8-9,13H,2-4,7H2,1H3. The third-order valence-corrected chi connectivity index (χ3v) is 3.93. The van der Waals surface area contributed by atoms with Gasteiger partial charge in [-0.2, -0.15) is 0 Å². The second-order valence-corrected chi connectivity index (χ2v) is 5.17. The molecule has 3 rings (SSSR count). The van der Waals surface area contributed by atoms with Gasteiger partial charge in [-0.3, -0.25) is 0 Å². The van der Waals surface area contributed by atoms with Crippen LogP contribution in [0.4, 0.5) is 0 Å². The first-order valence-corrected chi connectivity index (χ1v) is 7.19. The van der Waals surface area contributed by atoms with Gasteiger partial charge in [0.25, 0.3) is 0 Å². The Morgan fingerprint density at radius 2 is 2.47 bits per heavy atom. The monoisotopic (exact) mass is 248 g/mol. The van der Waals surface area contributed by atoms with Crippen LogP contribution in [0.1, 0.15) is 24.5 Å². The summed E-state index contributed by atoms with van der Waals surface area (Å²) < 4.78 is 2.09. The van der Waals surface area contributed by atoms with Crippen molar-refractivity contribution >= 4 is 17.4 Å². The van der Waals surface area contributed by atoms with Gasteiger partial charge in [0.05, 0.1) is 5.69 Å². The summed E-state index contributed by atoms with van der Waals surface area (Å²) in [5.74, 6) is 0.543. The van der Waals surface area contributed by atoms with Crippen LogP contribution in [0.25, 0.3) is 5.65 Å². The van der Waals surface area contributed by atoms with E-state index in [0.717, 1.165) is 23.8 Å². The Labute approximate surface area is 105 Å². The summed E-state index contributed by atoms with van der Waals surface area (Å²) in [6.07, 6.45) is 10.5. The van der Waals surface area contributed by atoms with Gasteiger partial charge in [0.2, 0.25) is 0 Å². The fourth-order valence-electron chi connectivity index (χ4n) is 2.36. The number of nitrogens with zero attached hydrogens (tertiary/aromatic N) is 3. The highest BCUT2D eigenvalue weighted by Gasteiger charge is 2.18. The third-order valence-electron chi connectivity index (χ3n) is 3.27. The molecule has 0 radical (unpaired) electrons. The number of hydrogen-bond donors (Lipinski definition) is 1. The zero-order valence-corrected chi connectivity index (χ0v) is 10.7. The average Bonchev–Trinajstić information content (AvgIpc) is 2.86. The Morgan fingerprint density at radius 1 is 1.53 bits per heavy atom. The zero-order valence-electron chi connectivity index (χ0n) is 9.89. The topological polar surface area (TPSA) is 42.2 Å². The van der Waals surface area contributed by atoms with Crippen molar-refractivity contribution in [2.45, 2.75) is 23.8 Å². The molecule has 4 nitrogen and oxygen atoms in total. The Kier molecular flexibility index (Phi) is 3.03. The van der Waals surface area contributed by atoms with E-state index in [-0.39, 0.29) is 0 Å². The Hall–Kier alpha value is -1.07. The molecule has 17 heavy (non-hydrogen) atoms. The van der Waals surface area contributed by atoms with Gasteiger partial charge in [-0.1, -0.05) is 0 Å². The van der Waals surface area contributed by atoms with Gasteiger partial charge in [0.1, 0.15) is 5.03 Å². The highest BCUT2D eigenvalue weighted by atomic mass is 32.2. The summed E-state index contributed by atoms with van der Waals surface area (Å²) in [4.78, 5) is 9.09. The van der Waals surface area contributed by atoms with Gasteiger partial charge in [0, 0.05) is 31.1 Å². The highest BCUT2D eigenvalue weighted by molar-refractivity contribution is 7.98. The van der Waals surface area contributed by atoms with Crippen LogP contribution >= 0.6 is 11.8 Å². The summed E-state index contributed by atoms with van der Waals surface area (Å²) in [6.45, 7) is 2.18. The van der Waals surface area contributed by atoms with E-state index in [9.17, 15) is 0 Å². The van der Waals surface area contributed by atoms with Gasteiger partial charge in [-0.15, -0.1) is 11.8 Å². The summed E-state index contributed by atoms with van der Waals surface area (Å²) in [7, 11) is 0. The minimum absolute atomic E-state index is 0.543. The van der Waals surface area contributed by atoms with E-state index >= 15 is 0 Å². The average molecular weight is 248 g/mol. The first-order chi connectivity index (χ1) is 8.38. The molecule has 0 saturated carbocycles. The molecule has 1 fully saturated rings. The van der Waals surface area contributed by atoms with E-state index in [1.807, 2.05) is 12.4 Å². The number of hydrogen-bond acceptors (Lipinski definition) is 4. The number of aromatic nitrogens is 3. The quantitative estimate of drug-likeness (QED) is 0.825. The molecule has 3 heterocycles. The Balaban J connectivity index is 2.03. The zero-order chi connectivity index (χ0) is 11.7. The normalized spacial score (nSPS) is 20.9. The molecule has 0 amide bonds. The Morgan fingerprint density at radius 3 is 3.24 bits per heavy atom. The summed E-state index contributed by atoms with van der Waals surface area (Å²) >= 11 is 1.67. The Bertz CT molecular complexity index is 516. The number of thioether (sulfide) groups is 1. The first-order valence-electron chi connectivity index (χ1n) is 5.97. The van der Waals surface area contributed by atoms with E-state index in [0.29, 0.717) is 5.92 Å². The first kappa shape index (κ1) is 11.0. The molecule has 2 aromatic heterocycles. The van der Waals surface area contributed by atoms with Gasteiger partial charge in [-0.05, 0) is 25.6 Å². The van der Waals surface area contributed by atoms with Crippen LogP contribution in [-0.4, -0.2) is 33.7 Å². The lowest BCUT2D eigenvalue weighted by atomic mass is 9.96. The second-order valence-electron chi connectivity index (χ2n) is 4.38. The van der Waals surface area contributed by atoms with Crippen molar-refractivity contribution in [2.24, 2.45) is 0 Å². The summed E-state index contributed by atoms with van der Waals surface area (Å²) in [6, 6.07) is 0. The van der Waals surface area contributed by atoms with Crippen molar-refractivity contribution in [3.63, 3.8) is 0 Å². The predicted molar refractivity (Wildman–Crippen MR) is 69.6 cm³/mol. The largest absolute Gasteiger partial charge is 0.316 e. The predicted octanol–water partition coefficient (Wildman–Crippen LogP) is 1.92. The molecular formula is C12H16N4S. The smallest absolute Gasteiger partial charge is 0.169 e. The molecule has 0 bridgehead atoms. The van der Waals surface area contributed by atoms with Crippen molar-refractivity contribution in [3.05, 3.63) is 24.3 Å². The van der Waals surface area contributed by atoms with Crippen LogP contribution in [0, 0.1) is 0 Å². The van der Waals surface area contributed by atoms with Crippen molar-refractivity contribution in [2.75, 3.05) is 19.3 Å². The maximum Gasteiger partial charge on any atom is 0.169 e. The van der Waals surface area contributed by atoms with Crippen molar-refractivity contribution in [3.8, 4) is 0 Å². The van der Waals surface area contributed by atoms with E-state index in [1.165, 1.54) is 18.5 Å². The van der Waals surface area contributed by atoms with Crippen LogP contribution in [0.2, 0.25) is 0 Å². The number of fused-ring (bicyclic) bond motifs is 1. The lowest BCUT2D eigenvalue weighted by Gasteiger charge is -2.22. The minimum atomic E-state index is 0.543. The summed E-state index contributed by atoms with van der Waals surface area (Å²) in [5.41, 5.74) is 2.15. The van der Waals surface area contributed by atoms with Crippen LogP contribution in [0.3, 0.4) is 0 Å². The SMILES string of the molecule is CSc1nc(C2CCCNC2)cn2ccnc12. The molecule has 1 atom stereocenters. The van der Waals surface area contributed by atoms with Gasteiger partial charge in [-0.25, -0.2) is 9.97 Å².